The second-order valence-electron chi connectivity index (χ2n) is 11.8. The van der Waals surface area contributed by atoms with Crippen molar-refractivity contribution in [3.63, 3.8) is 0 Å². The molecule has 0 bridgehead atoms. The Kier molecular flexibility index (Phi) is 9.99. The van der Waals surface area contributed by atoms with Crippen molar-refractivity contribution in [1.82, 2.24) is 14.9 Å². The van der Waals surface area contributed by atoms with E-state index in [1.807, 2.05) is 59.3 Å². The molecule has 1 fully saturated rings. The highest BCUT2D eigenvalue weighted by Crippen LogP contribution is 2.27. The third kappa shape index (κ3) is 8.58. The van der Waals surface area contributed by atoms with E-state index >= 15 is 0 Å². The van der Waals surface area contributed by atoms with Crippen LogP contribution < -0.4 is 10.0 Å². The summed E-state index contributed by atoms with van der Waals surface area (Å²) in [6.45, 7) is 7.60. The van der Waals surface area contributed by atoms with Crippen LogP contribution in [-0.2, 0) is 27.6 Å². The number of anilines is 2. The molecule has 9 nitrogen and oxygen atoms in total. The van der Waals surface area contributed by atoms with Crippen molar-refractivity contribution in [2.75, 3.05) is 17.1 Å². The first kappa shape index (κ1) is 31.6. The number of ether oxygens (including phenoxy) is 1. The van der Waals surface area contributed by atoms with Crippen molar-refractivity contribution >= 4 is 39.4 Å². The number of amides is 1. The van der Waals surface area contributed by atoms with Crippen LogP contribution in [0.25, 0.3) is 0 Å². The zero-order chi connectivity index (χ0) is 30.5. The molecule has 2 aromatic carbocycles. The minimum atomic E-state index is -3.79. The van der Waals surface area contributed by atoms with Crippen LogP contribution in [-0.4, -0.2) is 54.1 Å². The molecule has 11 heteroatoms. The van der Waals surface area contributed by atoms with Crippen molar-refractivity contribution < 1.29 is 17.9 Å². The number of halogens is 1. The first-order valence-electron chi connectivity index (χ1n) is 14.2. The van der Waals surface area contributed by atoms with Crippen LogP contribution in [0.2, 0.25) is 5.02 Å². The second kappa shape index (κ2) is 13.3. The van der Waals surface area contributed by atoms with E-state index in [9.17, 15) is 13.2 Å². The van der Waals surface area contributed by atoms with Crippen LogP contribution in [0.15, 0.2) is 59.8 Å². The third-order valence-corrected chi connectivity index (χ3v) is 9.25. The summed E-state index contributed by atoms with van der Waals surface area (Å²) in [5.74, 6) is 0.606. The van der Waals surface area contributed by atoms with E-state index in [4.69, 9.17) is 16.3 Å². The lowest BCUT2D eigenvalue weighted by Gasteiger charge is -2.35. The summed E-state index contributed by atoms with van der Waals surface area (Å²) in [4.78, 5) is 23.2. The van der Waals surface area contributed by atoms with E-state index in [1.54, 1.807) is 29.2 Å². The zero-order valence-corrected chi connectivity index (χ0v) is 26.4. The number of sulfonamides is 1. The topological polar surface area (TPSA) is 114 Å². The van der Waals surface area contributed by atoms with Crippen LogP contribution in [0.5, 0.6) is 0 Å². The number of hydrogen-bond donors (Lipinski definition) is 2. The van der Waals surface area contributed by atoms with Crippen LogP contribution in [0, 0.1) is 6.92 Å². The summed E-state index contributed by atoms with van der Waals surface area (Å²) in [5.41, 5.74) is 3.11. The number of aromatic nitrogens is 2. The van der Waals surface area contributed by atoms with Gasteiger partial charge >= 0.3 is 6.09 Å². The van der Waals surface area contributed by atoms with Gasteiger partial charge in [0.1, 0.15) is 10.5 Å². The highest BCUT2D eigenvalue weighted by molar-refractivity contribution is 7.92. The average Bonchev–Trinajstić information content (AvgIpc) is 2.92. The van der Waals surface area contributed by atoms with E-state index in [-0.39, 0.29) is 28.1 Å². The Morgan fingerprint density at radius 3 is 2.33 bits per heavy atom. The maximum absolute atomic E-state index is 12.8. The minimum Gasteiger partial charge on any atom is -0.444 e. The summed E-state index contributed by atoms with van der Waals surface area (Å²) in [6, 6.07) is 12.3. The van der Waals surface area contributed by atoms with Gasteiger partial charge in [-0.25, -0.2) is 23.2 Å². The van der Waals surface area contributed by atoms with Gasteiger partial charge in [-0.15, -0.1) is 0 Å². The molecule has 226 valence electrons. The predicted molar refractivity (Wildman–Crippen MR) is 167 cm³/mol. The Hall–Kier alpha value is -3.37. The molecule has 4 rings (SSSR count). The van der Waals surface area contributed by atoms with Gasteiger partial charge in [-0.1, -0.05) is 29.8 Å². The lowest BCUT2D eigenvalue weighted by Crippen LogP contribution is -2.43. The smallest absolute Gasteiger partial charge is 0.410 e. The molecular weight excluding hydrogens is 574 g/mol. The summed E-state index contributed by atoms with van der Waals surface area (Å²) < 4.78 is 33.6. The Labute approximate surface area is 254 Å². The van der Waals surface area contributed by atoms with E-state index in [2.05, 4.69) is 20.0 Å². The van der Waals surface area contributed by atoms with Crippen molar-refractivity contribution in [3.05, 3.63) is 76.6 Å². The Bertz CT molecular complexity index is 1480. The molecule has 0 saturated heterocycles. The fourth-order valence-electron chi connectivity index (χ4n) is 5.02. The Morgan fingerprint density at radius 2 is 1.71 bits per heavy atom. The maximum Gasteiger partial charge on any atom is 0.410 e. The molecule has 1 aliphatic rings. The number of aryl methyl sites for hydroxylation is 3. The fourth-order valence-corrected chi connectivity index (χ4v) is 6.59. The van der Waals surface area contributed by atoms with Crippen LogP contribution in [0.4, 0.5) is 16.4 Å². The highest BCUT2D eigenvalue weighted by atomic mass is 35.5. The molecule has 1 heterocycles. The van der Waals surface area contributed by atoms with Crippen molar-refractivity contribution in [2.24, 2.45) is 0 Å². The number of benzene rings is 2. The van der Waals surface area contributed by atoms with E-state index in [0.29, 0.717) is 11.6 Å². The Morgan fingerprint density at radius 1 is 1.05 bits per heavy atom. The molecule has 1 amide bonds. The number of carbonyl (C=O) groups is 1. The summed E-state index contributed by atoms with van der Waals surface area (Å²) >= 11 is 6.08. The van der Waals surface area contributed by atoms with Gasteiger partial charge in [-0.2, -0.15) is 0 Å². The first-order valence-corrected chi connectivity index (χ1v) is 16.1. The quantitative estimate of drug-likeness (QED) is 0.279. The van der Waals surface area contributed by atoms with Gasteiger partial charge in [0.05, 0.1) is 5.02 Å². The van der Waals surface area contributed by atoms with Gasteiger partial charge in [0.2, 0.25) is 5.95 Å². The Balaban J connectivity index is 1.25. The molecule has 0 atom stereocenters. The monoisotopic (exact) mass is 613 g/mol. The number of carbonyl (C=O) groups excluding carboxylic acids is 1. The number of nitrogens with one attached hydrogen (secondary N) is 2. The third-order valence-electron chi connectivity index (χ3n) is 7.37. The molecule has 42 heavy (non-hydrogen) atoms. The van der Waals surface area contributed by atoms with Crippen LogP contribution in [0.3, 0.4) is 0 Å². The first-order chi connectivity index (χ1) is 19.8. The maximum atomic E-state index is 12.8. The lowest BCUT2D eigenvalue weighted by atomic mass is 9.90. The molecule has 1 saturated carbocycles. The molecule has 0 radical (unpaired) electrons. The van der Waals surface area contributed by atoms with Gasteiger partial charge in [-0.05, 0) is 107 Å². The minimum absolute atomic E-state index is 0.0461. The van der Waals surface area contributed by atoms with Crippen molar-refractivity contribution in [3.8, 4) is 0 Å². The largest absolute Gasteiger partial charge is 0.444 e. The highest BCUT2D eigenvalue weighted by Gasteiger charge is 2.29. The fraction of sp³-hybridized carbons (Fsp3) is 0.452. The van der Waals surface area contributed by atoms with Crippen molar-refractivity contribution in [1.29, 1.82) is 0 Å². The molecule has 3 aromatic rings. The summed E-state index contributed by atoms with van der Waals surface area (Å²) in [5, 5.41) is 3.61. The molecule has 0 unspecified atom stereocenters. The van der Waals surface area contributed by atoms with E-state index in [0.717, 1.165) is 55.2 Å². The number of nitrogens with zero attached hydrogens (tertiary/aromatic N) is 3. The van der Waals surface area contributed by atoms with Gasteiger partial charge in [-0.3, -0.25) is 4.72 Å². The van der Waals surface area contributed by atoms with Gasteiger partial charge in [0, 0.05) is 37.2 Å². The molecule has 2 N–H and O–H groups in total. The zero-order valence-electron chi connectivity index (χ0n) is 24.9. The molecule has 1 aromatic heterocycles. The predicted octanol–water partition coefficient (Wildman–Crippen LogP) is 6.61. The van der Waals surface area contributed by atoms with E-state index < -0.39 is 15.6 Å². The SMILES string of the molecule is Cc1cc(NS(=O)(=O)c2ccccc2Cl)ccc1CCc1cnc(N[C@H]2CC[C@H](N(C)C(=O)OC(C)(C)C)CC2)nc1. The lowest BCUT2D eigenvalue weighted by molar-refractivity contribution is 0.0185. The molecule has 1 aliphatic carbocycles. The molecular formula is C31H40ClN5O4S. The number of rotatable bonds is 9. The van der Waals surface area contributed by atoms with Gasteiger partial charge < -0.3 is 15.0 Å². The average molecular weight is 614 g/mol. The standard InChI is InChI=1S/C31H40ClN5O4S/c1-21-18-25(36-42(39,40)28-9-7-6-8-27(28)32)13-12-23(21)11-10-22-19-33-29(34-20-22)35-24-14-16-26(17-15-24)37(5)30(38)41-31(2,3)4/h6-9,12-13,18-20,24,26,36H,10-11,14-17H2,1-5H3,(H,33,34,35)/t24-,26-. The van der Waals surface area contributed by atoms with Crippen LogP contribution in [0.1, 0.15) is 63.1 Å². The van der Waals surface area contributed by atoms with E-state index in [1.165, 1.54) is 6.07 Å². The van der Waals surface area contributed by atoms with Gasteiger partial charge in [0.25, 0.3) is 10.0 Å². The van der Waals surface area contributed by atoms with Crippen molar-refractivity contribution in [2.45, 2.75) is 88.8 Å². The number of hydrogen-bond acceptors (Lipinski definition) is 7. The van der Waals surface area contributed by atoms with Crippen LogP contribution >= 0.6 is 11.6 Å². The normalized spacial score (nSPS) is 17.4. The summed E-state index contributed by atoms with van der Waals surface area (Å²) in [7, 11) is -1.97. The molecule has 0 spiro atoms. The second-order valence-corrected chi connectivity index (χ2v) is 13.9. The molecule has 0 aliphatic heterocycles. The summed E-state index contributed by atoms with van der Waals surface area (Å²) in [6.07, 6.45) is 8.58. The van der Waals surface area contributed by atoms with Gasteiger partial charge in [0.15, 0.2) is 0 Å².